The summed E-state index contributed by atoms with van der Waals surface area (Å²) in [7, 11) is 0. The Kier molecular flexibility index (Phi) is 5.76. The Morgan fingerprint density at radius 3 is 2.33 bits per heavy atom. The van der Waals surface area contributed by atoms with Gasteiger partial charge in [0.2, 0.25) is 0 Å². The van der Waals surface area contributed by atoms with Gasteiger partial charge in [0, 0.05) is 25.6 Å². The minimum atomic E-state index is -0.897. The van der Waals surface area contributed by atoms with Gasteiger partial charge in [0.15, 0.2) is 6.10 Å². The van der Waals surface area contributed by atoms with Crippen molar-refractivity contribution in [2.45, 2.75) is 30.9 Å². The van der Waals surface area contributed by atoms with Crippen LogP contribution in [0.25, 0.3) is 11.1 Å². The Bertz CT molecular complexity index is 1040. The maximum absolute atomic E-state index is 12.9. The van der Waals surface area contributed by atoms with Crippen LogP contribution in [0.1, 0.15) is 29.9 Å². The second-order valence-electron chi connectivity index (χ2n) is 8.76. The number of hydrogen-bond donors (Lipinski definition) is 2. The largest absolute Gasteiger partial charge is 0.481 e. The number of carboxylic acids is 1. The number of amides is 2. The summed E-state index contributed by atoms with van der Waals surface area (Å²) in [6.07, 6.45) is -0.484. The average Bonchev–Trinajstić information content (AvgIpc) is 3.55. The molecule has 0 bridgehead atoms. The molecule has 2 aliphatic heterocycles. The molecule has 2 amide bonds. The molecule has 3 atom stereocenters. The lowest BCUT2D eigenvalue weighted by atomic mass is 9.98. The number of nitrogens with zero attached hydrogens (tertiary/aromatic N) is 1. The maximum atomic E-state index is 12.9. The van der Waals surface area contributed by atoms with Gasteiger partial charge in [-0.1, -0.05) is 48.5 Å². The lowest BCUT2D eigenvalue weighted by Crippen LogP contribution is -2.49. The zero-order valence-electron chi connectivity index (χ0n) is 18.1. The van der Waals surface area contributed by atoms with Gasteiger partial charge in [-0.3, -0.25) is 9.59 Å². The Morgan fingerprint density at radius 1 is 1.03 bits per heavy atom. The highest BCUT2D eigenvalue weighted by Gasteiger charge is 2.41. The molecule has 5 rings (SSSR count). The molecule has 0 aromatic heterocycles. The summed E-state index contributed by atoms with van der Waals surface area (Å²) in [6.45, 7) is 1.10. The number of benzene rings is 2. The molecule has 1 unspecified atom stereocenters. The van der Waals surface area contributed by atoms with E-state index in [1.807, 2.05) is 24.3 Å². The number of fused-ring (bicyclic) bond motifs is 3. The predicted molar refractivity (Wildman–Crippen MR) is 119 cm³/mol. The van der Waals surface area contributed by atoms with Gasteiger partial charge in [-0.25, -0.2) is 4.79 Å². The Balaban J connectivity index is 1.20. The van der Waals surface area contributed by atoms with Crippen LogP contribution in [0.4, 0.5) is 4.79 Å². The van der Waals surface area contributed by atoms with Gasteiger partial charge in [-0.2, -0.15) is 0 Å². The van der Waals surface area contributed by atoms with Gasteiger partial charge in [-0.15, -0.1) is 0 Å². The van der Waals surface area contributed by atoms with Crippen LogP contribution in [0.2, 0.25) is 0 Å². The number of ether oxygens (including phenoxy) is 2. The van der Waals surface area contributed by atoms with Crippen molar-refractivity contribution >= 4 is 18.0 Å². The van der Waals surface area contributed by atoms with Crippen molar-refractivity contribution in [1.29, 1.82) is 0 Å². The predicted octanol–water partition coefficient (Wildman–Crippen LogP) is 2.62. The number of carbonyl (C=O) groups excluding carboxylic acids is 2. The highest BCUT2D eigenvalue weighted by molar-refractivity contribution is 5.84. The highest BCUT2D eigenvalue weighted by atomic mass is 16.6. The van der Waals surface area contributed by atoms with E-state index in [-0.39, 0.29) is 25.0 Å². The van der Waals surface area contributed by atoms with Gasteiger partial charge in [-0.05, 0) is 35.1 Å². The number of aliphatic carboxylic acids is 1. The lowest BCUT2D eigenvalue weighted by molar-refractivity contribution is -0.143. The lowest BCUT2D eigenvalue weighted by Gasteiger charge is -2.24. The number of hydrogen-bond acceptors (Lipinski definition) is 5. The van der Waals surface area contributed by atoms with E-state index in [1.54, 1.807) is 0 Å². The molecule has 1 aliphatic carbocycles. The summed E-state index contributed by atoms with van der Waals surface area (Å²) < 4.78 is 11.2. The molecular formula is C25H26N2O6. The highest BCUT2D eigenvalue weighted by Crippen LogP contribution is 2.44. The van der Waals surface area contributed by atoms with Crippen LogP contribution < -0.4 is 5.32 Å². The van der Waals surface area contributed by atoms with Gasteiger partial charge in [0.05, 0.1) is 12.0 Å². The monoisotopic (exact) mass is 450 g/mol. The first kappa shape index (κ1) is 21.5. The maximum Gasteiger partial charge on any atom is 0.407 e. The van der Waals surface area contributed by atoms with Crippen LogP contribution in [0.15, 0.2) is 48.5 Å². The Labute approximate surface area is 191 Å². The molecule has 3 aliphatic rings. The van der Waals surface area contributed by atoms with E-state index in [9.17, 15) is 19.5 Å². The Hall–Kier alpha value is -3.39. The molecular weight excluding hydrogens is 424 g/mol. The first-order valence-electron chi connectivity index (χ1n) is 11.3. The zero-order valence-corrected chi connectivity index (χ0v) is 18.1. The van der Waals surface area contributed by atoms with E-state index in [2.05, 4.69) is 29.6 Å². The molecule has 8 heteroatoms. The minimum Gasteiger partial charge on any atom is -0.481 e. The van der Waals surface area contributed by atoms with Crippen molar-refractivity contribution in [1.82, 2.24) is 10.2 Å². The number of carboxylic acid groups (broad SMARTS) is 1. The molecule has 8 nitrogen and oxygen atoms in total. The number of nitrogens with one attached hydrogen (secondary N) is 1. The van der Waals surface area contributed by atoms with E-state index in [1.165, 1.54) is 4.90 Å². The summed E-state index contributed by atoms with van der Waals surface area (Å²) in [4.78, 5) is 38.2. The van der Waals surface area contributed by atoms with Crippen molar-refractivity contribution in [3.8, 4) is 11.1 Å². The van der Waals surface area contributed by atoms with Gasteiger partial charge < -0.3 is 24.8 Å². The average molecular weight is 450 g/mol. The summed E-state index contributed by atoms with van der Waals surface area (Å²) >= 11 is 0. The number of alkyl carbamates (subject to hydrolysis) is 1. The molecule has 2 fully saturated rings. The fourth-order valence-corrected chi connectivity index (χ4v) is 5.11. The molecule has 0 radical (unpaired) electrons. The topological polar surface area (TPSA) is 105 Å². The third-order valence-corrected chi connectivity index (χ3v) is 6.83. The molecule has 2 aromatic rings. The van der Waals surface area contributed by atoms with Crippen molar-refractivity contribution in [2.75, 3.05) is 26.3 Å². The molecule has 0 spiro atoms. The van der Waals surface area contributed by atoms with Crippen molar-refractivity contribution in [3.63, 3.8) is 0 Å². The third kappa shape index (κ3) is 4.06. The first-order chi connectivity index (χ1) is 16.0. The quantitative estimate of drug-likeness (QED) is 0.726. The molecule has 2 N–H and O–H groups in total. The van der Waals surface area contributed by atoms with Gasteiger partial charge in [0.25, 0.3) is 5.91 Å². The van der Waals surface area contributed by atoms with Crippen LogP contribution in [0, 0.1) is 5.92 Å². The second-order valence-corrected chi connectivity index (χ2v) is 8.76. The Morgan fingerprint density at radius 2 is 1.70 bits per heavy atom. The fraction of sp³-hybridized carbons (Fsp3) is 0.400. The molecule has 2 aromatic carbocycles. The molecule has 2 saturated heterocycles. The SMILES string of the molecule is O=C(N[C@H]1CCO[C@H]1C(=O)N1CCC(C(=O)O)C1)OCC1c2ccccc2-c2ccccc21. The van der Waals surface area contributed by atoms with Crippen LogP contribution in [-0.2, 0) is 19.1 Å². The molecule has 0 saturated carbocycles. The summed E-state index contributed by atoms with van der Waals surface area (Å²) in [5.74, 6) is -1.77. The van der Waals surface area contributed by atoms with E-state index < -0.39 is 30.1 Å². The van der Waals surface area contributed by atoms with Crippen LogP contribution in [0.5, 0.6) is 0 Å². The van der Waals surface area contributed by atoms with E-state index in [0.717, 1.165) is 22.3 Å². The fourth-order valence-electron chi connectivity index (χ4n) is 5.11. The second kappa shape index (κ2) is 8.86. The van der Waals surface area contributed by atoms with Crippen LogP contribution >= 0.6 is 0 Å². The van der Waals surface area contributed by atoms with E-state index in [0.29, 0.717) is 26.0 Å². The summed E-state index contributed by atoms with van der Waals surface area (Å²) in [5, 5.41) is 12.0. The van der Waals surface area contributed by atoms with Crippen LogP contribution in [0.3, 0.4) is 0 Å². The number of likely N-dealkylation sites (tertiary alicyclic amines) is 1. The summed E-state index contributed by atoms with van der Waals surface area (Å²) in [6, 6.07) is 15.7. The van der Waals surface area contributed by atoms with Crippen molar-refractivity contribution in [3.05, 3.63) is 59.7 Å². The summed E-state index contributed by atoms with van der Waals surface area (Å²) in [5.41, 5.74) is 4.57. The number of rotatable bonds is 5. The standard InChI is InChI=1S/C25H26N2O6/c28-23(27-11-9-15(13-27)24(29)30)22-21(10-12-32-22)26-25(31)33-14-20-18-7-3-1-5-16(18)17-6-2-4-8-19(17)20/h1-8,15,20-22H,9-14H2,(H,26,31)(H,29,30)/t15?,21-,22+/m0/s1. The van der Waals surface area contributed by atoms with Crippen molar-refractivity contribution < 1.29 is 29.0 Å². The smallest absolute Gasteiger partial charge is 0.407 e. The number of carbonyl (C=O) groups is 3. The molecule has 33 heavy (non-hydrogen) atoms. The molecule has 2 heterocycles. The molecule has 172 valence electrons. The van der Waals surface area contributed by atoms with E-state index in [4.69, 9.17) is 9.47 Å². The zero-order chi connectivity index (χ0) is 22.9. The van der Waals surface area contributed by atoms with Gasteiger partial charge in [0.1, 0.15) is 6.61 Å². The normalized spacial score (nSPS) is 23.8. The first-order valence-corrected chi connectivity index (χ1v) is 11.3. The van der Waals surface area contributed by atoms with Crippen molar-refractivity contribution in [2.24, 2.45) is 5.92 Å². The van der Waals surface area contributed by atoms with Gasteiger partial charge >= 0.3 is 12.1 Å². The minimum absolute atomic E-state index is 0.0436. The third-order valence-electron chi connectivity index (χ3n) is 6.83. The van der Waals surface area contributed by atoms with E-state index >= 15 is 0 Å². The van der Waals surface area contributed by atoms with Crippen LogP contribution in [-0.4, -0.2) is 66.4 Å².